The van der Waals surface area contributed by atoms with Crippen LogP contribution < -0.4 is 19.4 Å². The fraction of sp³-hybridized carbons (Fsp3) is 0.200. The number of carbonyl (C=O) groups is 2. The second-order valence-corrected chi connectivity index (χ2v) is 7.61. The average Bonchev–Trinajstić information content (AvgIpc) is 3.35. The van der Waals surface area contributed by atoms with Crippen LogP contribution in [-0.4, -0.2) is 32.1 Å². The number of ether oxygens (including phenoxy) is 2. The molecule has 0 N–H and O–H groups in total. The lowest BCUT2D eigenvalue weighted by molar-refractivity contribution is -0.126. The third-order valence-electron chi connectivity index (χ3n) is 5.91. The zero-order valence-corrected chi connectivity index (χ0v) is 17.7. The number of hydrogen-bond acceptors (Lipinski definition) is 6. The highest BCUT2D eigenvalue weighted by molar-refractivity contribution is 6.24. The van der Waals surface area contributed by atoms with Gasteiger partial charge in [-0.3, -0.25) is 14.4 Å². The maximum Gasteiger partial charge on any atom is 0.266 e. The molecule has 3 aromatic carbocycles. The predicted molar refractivity (Wildman–Crippen MR) is 119 cm³/mol. The van der Waals surface area contributed by atoms with E-state index in [0.717, 1.165) is 11.3 Å². The standard InChI is InChI=1S/C25H22N2O5/c1-30-18-14-12-16(13-15-18)26-24(28)21-22(19-10-6-7-11-20(19)31-2)27(32-23(21)25(26)29)17-8-4-3-5-9-17/h3-15,21-23H,1-2H3/t21-,22+,23+/m0/s1. The summed E-state index contributed by atoms with van der Waals surface area (Å²) in [7, 11) is 3.15. The number of benzene rings is 3. The maximum atomic E-state index is 13.6. The molecule has 5 rings (SSSR count). The van der Waals surface area contributed by atoms with Gasteiger partial charge in [-0.15, -0.1) is 0 Å². The zero-order chi connectivity index (χ0) is 22.2. The lowest BCUT2D eigenvalue weighted by atomic mass is 9.90. The minimum Gasteiger partial charge on any atom is -0.497 e. The van der Waals surface area contributed by atoms with Gasteiger partial charge in [0, 0.05) is 5.56 Å². The van der Waals surface area contributed by atoms with Gasteiger partial charge in [0.2, 0.25) is 5.91 Å². The highest BCUT2D eigenvalue weighted by Gasteiger charge is 2.60. The molecule has 0 spiro atoms. The highest BCUT2D eigenvalue weighted by Crippen LogP contribution is 2.49. The van der Waals surface area contributed by atoms with Gasteiger partial charge < -0.3 is 9.47 Å². The number of nitrogens with zero attached hydrogens (tertiary/aromatic N) is 2. The number of imide groups is 1. The van der Waals surface area contributed by atoms with Crippen LogP contribution in [-0.2, 0) is 14.4 Å². The van der Waals surface area contributed by atoms with Gasteiger partial charge in [0.05, 0.1) is 31.6 Å². The van der Waals surface area contributed by atoms with Crippen molar-refractivity contribution < 1.29 is 23.9 Å². The van der Waals surface area contributed by atoms with Gasteiger partial charge in [-0.1, -0.05) is 36.4 Å². The lowest BCUT2D eigenvalue weighted by Crippen LogP contribution is -2.37. The molecule has 7 nitrogen and oxygen atoms in total. The van der Waals surface area contributed by atoms with Gasteiger partial charge in [-0.05, 0) is 42.5 Å². The Balaban J connectivity index is 1.59. The van der Waals surface area contributed by atoms with E-state index in [9.17, 15) is 9.59 Å². The molecule has 0 radical (unpaired) electrons. The molecule has 2 saturated heterocycles. The van der Waals surface area contributed by atoms with Crippen LogP contribution in [0, 0.1) is 5.92 Å². The van der Waals surface area contributed by atoms with Crippen molar-refractivity contribution in [3.63, 3.8) is 0 Å². The summed E-state index contributed by atoms with van der Waals surface area (Å²) >= 11 is 0. The van der Waals surface area contributed by atoms with E-state index in [4.69, 9.17) is 14.3 Å². The molecule has 0 unspecified atom stereocenters. The van der Waals surface area contributed by atoms with Crippen molar-refractivity contribution in [2.45, 2.75) is 12.1 Å². The van der Waals surface area contributed by atoms with Gasteiger partial charge >= 0.3 is 0 Å². The van der Waals surface area contributed by atoms with E-state index < -0.39 is 18.1 Å². The van der Waals surface area contributed by atoms with Crippen LogP contribution in [0.2, 0.25) is 0 Å². The summed E-state index contributed by atoms with van der Waals surface area (Å²) in [5, 5.41) is 1.66. The second-order valence-electron chi connectivity index (χ2n) is 7.61. The fourth-order valence-electron chi connectivity index (χ4n) is 4.43. The van der Waals surface area contributed by atoms with Gasteiger partial charge in [0.25, 0.3) is 5.91 Å². The first-order valence-corrected chi connectivity index (χ1v) is 10.3. The molecule has 0 saturated carbocycles. The molecule has 2 heterocycles. The van der Waals surface area contributed by atoms with Gasteiger partial charge in [-0.2, -0.15) is 0 Å². The van der Waals surface area contributed by atoms with Crippen LogP contribution in [0.1, 0.15) is 11.6 Å². The fourth-order valence-corrected chi connectivity index (χ4v) is 4.43. The predicted octanol–water partition coefficient (Wildman–Crippen LogP) is 3.75. The number of rotatable bonds is 5. The van der Waals surface area contributed by atoms with E-state index in [-0.39, 0.29) is 11.8 Å². The number of carbonyl (C=O) groups excluding carboxylic acids is 2. The van der Waals surface area contributed by atoms with E-state index >= 15 is 0 Å². The Labute approximate surface area is 185 Å². The van der Waals surface area contributed by atoms with E-state index in [2.05, 4.69) is 0 Å². The van der Waals surface area contributed by atoms with Crippen LogP contribution in [0.4, 0.5) is 11.4 Å². The van der Waals surface area contributed by atoms with Crippen molar-refractivity contribution in [3.05, 3.63) is 84.4 Å². The molecule has 32 heavy (non-hydrogen) atoms. The van der Waals surface area contributed by atoms with Gasteiger partial charge in [0.1, 0.15) is 17.4 Å². The highest BCUT2D eigenvalue weighted by atomic mass is 16.7. The first-order valence-electron chi connectivity index (χ1n) is 10.3. The third-order valence-corrected chi connectivity index (χ3v) is 5.91. The van der Waals surface area contributed by atoms with Crippen LogP contribution in [0.3, 0.4) is 0 Å². The quantitative estimate of drug-likeness (QED) is 0.575. The van der Waals surface area contributed by atoms with Crippen LogP contribution in [0.5, 0.6) is 11.5 Å². The topological polar surface area (TPSA) is 68.3 Å². The van der Waals surface area contributed by atoms with Crippen molar-refractivity contribution in [1.82, 2.24) is 0 Å². The minimum atomic E-state index is -0.931. The summed E-state index contributed by atoms with van der Waals surface area (Å²) in [5.41, 5.74) is 2.03. The molecular formula is C25H22N2O5. The number of anilines is 2. The first-order chi connectivity index (χ1) is 15.6. The normalized spacial score (nSPS) is 22.2. The van der Waals surface area contributed by atoms with Gasteiger partial charge in [0.15, 0.2) is 6.10 Å². The number of methoxy groups -OCH3 is 2. The largest absolute Gasteiger partial charge is 0.497 e. The molecular weight excluding hydrogens is 408 g/mol. The van der Waals surface area contributed by atoms with Gasteiger partial charge in [-0.25, -0.2) is 9.96 Å². The molecule has 7 heteroatoms. The summed E-state index contributed by atoms with van der Waals surface area (Å²) < 4.78 is 10.8. The minimum absolute atomic E-state index is 0.306. The molecule has 162 valence electrons. The summed E-state index contributed by atoms with van der Waals surface area (Å²) in [4.78, 5) is 34.4. The summed E-state index contributed by atoms with van der Waals surface area (Å²) in [6.45, 7) is 0. The van der Waals surface area contributed by atoms with Crippen molar-refractivity contribution >= 4 is 23.2 Å². The Morgan fingerprint density at radius 1 is 0.750 bits per heavy atom. The van der Waals surface area contributed by atoms with Crippen molar-refractivity contribution in [2.24, 2.45) is 5.92 Å². The molecule has 3 atom stereocenters. The molecule has 0 aromatic heterocycles. The number of hydroxylamine groups is 1. The Bertz CT molecular complexity index is 1150. The third kappa shape index (κ3) is 3.09. The smallest absolute Gasteiger partial charge is 0.266 e. The summed E-state index contributed by atoms with van der Waals surface area (Å²) in [6.07, 6.45) is -0.931. The zero-order valence-electron chi connectivity index (χ0n) is 17.7. The van der Waals surface area contributed by atoms with Crippen LogP contribution in [0.15, 0.2) is 78.9 Å². The Hall–Kier alpha value is -3.84. The molecule has 2 aliphatic rings. The number of fused-ring (bicyclic) bond motifs is 1. The Morgan fingerprint density at radius 3 is 2.12 bits per heavy atom. The van der Waals surface area contributed by atoms with Crippen molar-refractivity contribution in [2.75, 3.05) is 24.2 Å². The lowest BCUT2D eigenvalue weighted by Gasteiger charge is -2.29. The summed E-state index contributed by atoms with van der Waals surface area (Å²) in [6, 6.07) is 23.3. The summed E-state index contributed by atoms with van der Waals surface area (Å²) in [5.74, 6) is -0.138. The maximum absolute atomic E-state index is 13.6. The monoisotopic (exact) mass is 430 g/mol. The number of amides is 2. The molecule has 0 bridgehead atoms. The molecule has 0 aliphatic carbocycles. The van der Waals surface area contributed by atoms with Crippen LogP contribution >= 0.6 is 0 Å². The second kappa shape index (κ2) is 8.01. The number of para-hydroxylation sites is 2. The van der Waals surface area contributed by atoms with Crippen LogP contribution in [0.25, 0.3) is 0 Å². The average molecular weight is 430 g/mol. The molecule has 2 amide bonds. The van der Waals surface area contributed by atoms with E-state index in [1.807, 2.05) is 54.6 Å². The number of hydrogen-bond donors (Lipinski definition) is 0. The molecule has 2 fully saturated rings. The van der Waals surface area contributed by atoms with Crippen molar-refractivity contribution in [1.29, 1.82) is 0 Å². The SMILES string of the molecule is COc1ccc(N2C(=O)[C@H]3[C@@H](c4ccccc4OC)N(c4ccccc4)O[C@H]3C2=O)cc1. The Morgan fingerprint density at radius 2 is 1.44 bits per heavy atom. The molecule has 3 aromatic rings. The first kappa shape index (κ1) is 20.1. The van der Waals surface area contributed by atoms with Crippen molar-refractivity contribution in [3.8, 4) is 11.5 Å². The van der Waals surface area contributed by atoms with E-state index in [1.54, 1.807) is 43.5 Å². The van der Waals surface area contributed by atoms with E-state index in [1.165, 1.54) is 4.90 Å². The van der Waals surface area contributed by atoms with E-state index in [0.29, 0.717) is 17.2 Å². The molecule has 2 aliphatic heterocycles. The Kier molecular flexibility index (Phi) is 5.03.